The van der Waals surface area contributed by atoms with Gasteiger partial charge in [-0.2, -0.15) is 0 Å². The van der Waals surface area contributed by atoms with E-state index in [-0.39, 0.29) is 15.0 Å². The summed E-state index contributed by atoms with van der Waals surface area (Å²) in [6, 6.07) is 6.58. The van der Waals surface area contributed by atoms with Crippen molar-refractivity contribution in [1.29, 1.82) is 0 Å². The molecule has 0 saturated heterocycles. The van der Waals surface area contributed by atoms with Crippen molar-refractivity contribution in [2.24, 2.45) is 0 Å². The van der Waals surface area contributed by atoms with Crippen LogP contribution in [0.3, 0.4) is 0 Å². The van der Waals surface area contributed by atoms with E-state index in [4.69, 9.17) is 23.2 Å². The molecular weight excluding hydrogens is 389 g/mol. The van der Waals surface area contributed by atoms with Gasteiger partial charge in [-0.15, -0.1) is 11.3 Å². The molecule has 0 aliphatic rings. The molecule has 24 heavy (non-hydrogen) atoms. The Morgan fingerprint density at radius 3 is 2.71 bits per heavy atom. The van der Waals surface area contributed by atoms with Crippen LogP contribution < -0.4 is 4.72 Å². The molecule has 0 radical (unpaired) electrons. The van der Waals surface area contributed by atoms with Gasteiger partial charge in [0.05, 0.1) is 10.7 Å². The maximum absolute atomic E-state index is 12.6. The standard InChI is InChI=1S/C15H11Cl2N3O2S2/c1-9-5-11(16)6-12(17)14(9)24(21,22)20-15-19-13(8-23-15)10-3-2-4-18-7-10/h2-8H,1H3,(H,19,20). The number of nitrogens with zero attached hydrogens (tertiary/aromatic N) is 2. The lowest BCUT2D eigenvalue weighted by atomic mass is 10.2. The fourth-order valence-electron chi connectivity index (χ4n) is 2.16. The average Bonchev–Trinajstić information content (AvgIpc) is 2.94. The monoisotopic (exact) mass is 399 g/mol. The quantitative estimate of drug-likeness (QED) is 0.694. The maximum Gasteiger partial charge on any atom is 0.265 e. The van der Waals surface area contributed by atoms with Gasteiger partial charge in [-0.3, -0.25) is 9.71 Å². The Morgan fingerprint density at radius 1 is 1.25 bits per heavy atom. The van der Waals surface area contributed by atoms with Gasteiger partial charge in [0, 0.05) is 28.4 Å². The fraction of sp³-hybridized carbons (Fsp3) is 0.0667. The SMILES string of the molecule is Cc1cc(Cl)cc(Cl)c1S(=O)(=O)Nc1nc(-c2cccnc2)cs1. The molecule has 0 bridgehead atoms. The minimum Gasteiger partial charge on any atom is -0.264 e. The summed E-state index contributed by atoms with van der Waals surface area (Å²) in [6.07, 6.45) is 3.32. The van der Waals surface area contributed by atoms with Gasteiger partial charge in [0.15, 0.2) is 5.13 Å². The predicted octanol–water partition coefficient (Wildman–Crippen LogP) is 4.62. The number of anilines is 1. The molecule has 3 rings (SSSR count). The Morgan fingerprint density at radius 2 is 2.04 bits per heavy atom. The van der Waals surface area contributed by atoms with E-state index in [1.807, 2.05) is 6.07 Å². The number of benzene rings is 1. The van der Waals surface area contributed by atoms with Crippen molar-refractivity contribution in [3.8, 4) is 11.3 Å². The van der Waals surface area contributed by atoms with Crippen molar-refractivity contribution >= 4 is 49.7 Å². The van der Waals surface area contributed by atoms with Gasteiger partial charge in [-0.25, -0.2) is 13.4 Å². The molecule has 2 heterocycles. The van der Waals surface area contributed by atoms with E-state index in [0.29, 0.717) is 16.3 Å². The zero-order valence-electron chi connectivity index (χ0n) is 12.3. The Labute approximate surface area is 153 Å². The first-order chi connectivity index (χ1) is 11.4. The third-order valence-electron chi connectivity index (χ3n) is 3.15. The summed E-state index contributed by atoms with van der Waals surface area (Å²) in [5, 5.41) is 2.45. The van der Waals surface area contributed by atoms with Crippen molar-refractivity contribution < 1.29 is 8.42 Å². The Balaban J connectivity index is 1.93. The van der Waals surface area contributed by atoms with Crippen molar-refractivity contribution in [2.75, 3.05) is 4.72 Å². The van der Waals surface area contributed by atoms with Crippen molar-refractivity contribution in [3.05, 3.63) is 57.6 Å². The van der Waals surface area contributed by atoms with Gasteiger partial charge < -0.3 is 0 Å². The molecule has 0 saturated carbocycles. The van der Waals surface area contributed by atoms with Crippen LogP contribution in [-0.4, -0.2) is 18.4 Å². The normalized spacial score (nSPS) is 11.5. The van der Waals surface area contributed by atoms with Gasteiger partial charge in [-0.05, 0) is 36.8 Å². The number of thiazole rings is 1. The van der Waals surface area contributed by atoms with E-state index < -0.39 is 10.0 Å². The van der Waals surface area contributed by atoms with E-state index >= 15 is 0 Å². The molecule has 2 aromatic heterocycles. The lowest BCUT2D eigenvalue weighted by molar-refractivity contribution is 0.600. The van der Waals surface area contributed by atoms with E-state index in [9.17, 15) is 8.42 Å². The number of hydrogen-bond acceptors (Lipinski definition) is 5. The highest BCUT2D eigenvalue weighted by Crippen LogP contribution is 2.32. The number of halogens is 2. The second kappa shape index (κ2) is 6.68. The molecule has 0 unspecified atom stereocenters. The molecule has 124 valence electrons. The number of sulfonamides is 1. The van der Waals surface area contributed by atoms with Crippen molar-refractivity contribution in [2.45, 2.75) is 11.8 Å². The molecule has 1 aromatic carbocycles. The molecule has 0 aliphatic heterocycles. The molecule has 0 fully saturated rings. The first-order valence-corrected chi connectivity index (χ1v) is 9.83. The van der Waals surface area contributed by atoms with E-state index in [1.165, 1.54) is 17.4 Å². The second-order valence-corrected chi connectivity index (χ2v) is 8.24. The summed E-state index contributed by atoms with van der Waals surface area (Å²) < 4.78 is 27.7. The summed E-state index contributed by atoms with van der Waals surface area (Å²) >= 11 is 13.1. The summed E-state index contributed by atoms with van der Waals surface area (Å²) in [5.74, 6) is 0. The topological polar surface area (TPSA) is 72.0 Å². The van der Waals surface area contributed by atoms with Crippen LogP contribution in [0.2, 0.25) is 10.0 Å². The first kappa shape index (κ1) is 17.2. The summed E-state index contributed by atoms with van der Waals surface area (Å²) in [5.41, 5.74) is 1.91. The number of rotatable bonds is 4. The third-order valence-corrected chi connectivity index (χ3v) is 6.20. The highest BCUT2D eigenvalue weighted by molar-refractivity contribution is 7.93. The molecular formula is C15H11Cl2N3O2S2. The van der Waals surface area contributed by atoms with Crippen molar-refractivity contribution in [3.63, 3.8) is 0 Å². The molecule has 0 amide bonds. The zero-order chi connectivity index (χ0) is 17.3. The van der Waals surface area contributed by atoms with Crippen LogP contribution in [0.25, 0.3) is 11.3 Å². The summed E-state index contributed by atoms with van der Waals surface area (Å²) in [6.45, 7) is 1.63. The Hall–Kier alpha value is -1.67. The Kier molecular flexibility index (Phi) is 4.78. The van der Waals surface area contributed by atoms with Crippen LogP contribution in [0, 0.1) is 6.92 Å². The van der Waals surface area contributed by atoms with Crippen LogP contribution in [-0.2, 0) is 10.0 Å². The van der Waals surface area contributed by atoms with Crippen LogP contribution in [0.5, 0.6) is 0 Å². The number of aryl methyl sites for hydroxylation is 1. The van der Waals surface area contributed by atoms with E-state index in [2.05, 4.69) is 14.7 Å². The van der Waals surface area contributed by atoms with Crippen LogP contribution in [0.4, 0.5) is 5.13 Å². The van der Waals surface area contributed by atoms with E-state index in [1.54, 1.807) is 36.8 Å². The minimum absolute atomic E-state index is 0.00769. The first-order valence-electron chi connectivity index (χ1n) is 6.71. The largest absolute Gasteiger partial charge is 0.265 e. The predicted molar refractivity (Wildman–Crippen MR) is 97.4 cm³/mol. The molecule has 0 atom stereocenters. The molecule has 5 nitrogen and oxygen atoms in total. The van der Waals surface area contributed by atoms with E-state index in [0.717, 1.165) is 5.56 Å². The zero-order valence-corrected chi connectivity index (χ0v) is 15.5. The maximum atomic E-state index is 12.6. The van der Waals surface area contributed by atoms with Crippen LogP contribution >= 0.6 is 34.5 Å². The fourth-order valence-corrected chi connectivity index (χ4v) is 5.32. The van der Waals surface area contributed by atoms with Gasteiger partial charge in [-0.1, -0.05) is 23.2 Å². The van der Waals surface area contributed by atoms with Crippen LogP contribution in [0.15, 0.2) is 46.9 Å². The van der Waals surface area contributed by atoms with Crippen molar-refractivity contribution in [1.82, 2.24) is 9.97 Å². The highest BCUT2D eigenvalue weighted by atomic mass is 35.5. The highest BCUT2D eigenvalue weighted by Gasteiger charge is 2.22. The number of aromatic nitrogens is 2. The summed E-state index contributed by atoms with van der Waals surface area (Å²) in [4.78, 5) is 8.30. The number of nitrogens with one attached hydrogen (secondary N) is 1. The Bertz CT molecular complexity index is 966. The summed E-state index contributed by atoms with van der Waals surface area (Å²) in [7, 11) is -3.87. The van der Waals surface area contributed by atoms with Gasteiger partial charge in [0.25, 0.3) is 10.0 Å². The van der Waals surface area contributed by atoms with Gasteiger partial charge >= 0.3 is 0 Å². The van der Waals surface area contributed by atoms with Gasteiger partial charge in [0.1, 0.15) is 4.90 Å². The average molecular weight is 400 g/mol. The lowest BCUT2D eigenvalue weighted by Gasteiger charge is -2.10. The third kappa shape index (κ3) is 3.54. The number of hydrogen-bond donors (Lipinski definition) is 1. The number of pyridine rings is 1. The smallest absolute Gasteiger partial charge is 0.264 e. The van der Waals surface area contributed by atoms with Crippen LogP contribution in [0.1, 0.15) is 5.56 Å². The molecule has 9 heteroatoms. The lowest BCUT2D eigenvalue weighted by Crippen LogP contribution is -2.14. The molecule has 3 aromatic rings. The second-order valence-electron chi connectivity index (χ2n) is 4.92. The molecule has 1 N–H and O–H groups in total. The minimum atomic E-state index is -3.87. The molecule has 0 aliphatic carbocycles. The van der Waals surface area contributed by atoms with Gasteiger partial charge in [0.2, 0.25) is 0 Å². The molecule has 0 spiro atoms.